The van der Waals surface area contributed by atoms with E-state index >= 15 is 0 Å². The Morgan fingerprint density at radius 3 is 2.36 bits per heavy atom. The van der Waals surface area contributed by atoms with E-state index in [0.29, 0.717) is 0 Å². The molecule has 0 spiro atoms. The summed E-state index contributed by atoms with van der Waals surface area (Å²) in [7, 11) is 0. The van der Waals surface area contributed by atoms with E-state index < -0.39 is 23.7 Å². The van der Waals surface area contributed by atoms with E-state index in [4.69, 9.17) is 15.2 Å². The predicted molar refractivity (Wildman–Crippen MR) is 85.7 cm³/mol. The van der Waals surface area contributed by atoms with Crippen molar-refractivity contribution in [2.45, 2.75) is 39.0 Å². The molecule has 1 amide bonds. The van der Waals surface area contributed by atoms with Gasteiger partial charge in [0.1, 0.15) is 18.2 Å². The van der Waals surface area contributed by atoms with Crippen LogP contribution in [0.5, 0.6) is 0 Å². The quantitative estimate of drug-likeness (QED) is 0.806. The Labute approximate surface area is 136 Å². The maximum atomic E-state index is 11.6. The summed E-state index contributed by atoms with van der Waals surface area (Å²) in [4.78, 5) is 23.1. The summed E-state index contributed by atoms with van der Waals surface area (Å²) in [5.74, 6) is -0.564. The van der Waals surface area contributed by atoms with E-state index in [1.165, 1.54) is 0 Å². The van der Waals surface area contributed by atoms with E-state index in [0.717, 1.165) is 5.56 Å². The molecule has 6 nitrogen and oxygen atoms in total. The zero-order chi connectivity index (χ0) is 15.9. The molecule has 124 valence electrons. The largest absolute Gasteiger partial charge is 0.459 e. The van der Waals surface area contributed by atoms with Crippen LogP contribution in [0.1, 0.15) is 26.3 Å². The van der Waals surface area contributed by atoms with Crippen molar-refractivity contribution in [2.24, 2.45) is 5.73 Å². The molecule has 0 heterocycles. The number of carbonyl (C=O) groups is 2. The first-order valence-corrected chi connectivity index (χ1v) is 6.71. The molecule has 0 aromatic heterocycles. The topological polar surface area (TPSA) is 90.6 Å². The summed E-state index contributed by atoms with van der Waals surface area (Å²) in [5, 5.41) is 2.43. The lowest BCUT2D eigenvalue weighted by atomic mass is 10.2. The van der Waals surface area contributed by atoms with Gasteiger partial charge < -0.3 is 20.5 Å². The molecular formula is C15H23ClN2O4. The van der Waals surface area contributed by atoms with E-state index in [2.05, 4.69) is 5.32 Å². The number of nitrogens with two attached hydrogens (primary N) is 1. The van der Waals surface area contributed by atoms with Crippen LogP contribution < -0.4 is 11.1 Å². The van der Waals surface area contributed by atoms with Crippen molar-refractivity contribution >= 4 is 24.5 Å². The van der Waals surface area contributed by atoms with Gasteiger partial charge in [-0.2, -0.15) is 0 Å². The fourth-order valence-electron chi connectivity index (χ4n) is 1.43. The maximum absolute atomic E-state index is 11.6. The van der Waals surface area contributed by atoms with Crippen LogP contribution in [0, 0.1) is 0 Å². The van der Waals surface area contributed by atoms with Crippen LogP contribution in [0.2, 0.25) is 0 Å². The van der Waals surface area contributed by atoms with Crippen molar-refractivity contribution in [3.63, 3.8) is 0 Å². The fraction of sp³-hybridized carbons (Fsp3) is 0.467. The van der Waals surface area contributed by atoms with E-state index in [-0.39, 0.29) is 25.6 Å². The summed E-state index contributed by atoms with van der Waals surface area (Å²) >= 11 is 0. The van der Waals surface area contributed by atoms with Gasteiger partial charge >= 0.3 is 12.1 Å². The number of hydrogen-bond donors (Lipinski definition) is 2. The number of hydrogen-bond acceptors (Lipinski definition) is 5. The van der Waals surface area contributed by atoms with E-state index in [1.807, 2.05) is 30.3 Å². The number of ether oxygens (including phenoxy) is 2. The Bertz CT molecular complexity index is 474. The maximum Gasteiger partial charge on any atom is 0.407 e. The molecule has 3 N–H and O–H groups in total. The van der Waals surface area contributed by atoms with Crippen molar-refractivity contribution in [3.8, 4) is 0 Å². The highest BCUT2D eigenvalue weighted by atomic mass is 35.5. The minimum atomic E-state index is -0.923. The van der Waals surface area contributed by atoms with Crippen LogP contribution in [0.25, 0.3) is 0 Å². The Kier molecular flexibility index (Phi) is 8.52. The number of nitrogens with one attached hydrogen (secondary N) is 1. The molecule has 1 atom stereocenters. The monoisotopic (exact) mass is 330 g/mol. The molecule has 1 rings (SSSR count). The second-order valence-corrected chi connectivity index (χ2v) is 5.58. The highest BCUT2D eigenvalue weighted by Gasteiger charge is 2.22. The van der Waals surface area contributed by atoms with Gasteiger partial charge in [0.2, 0.25) is 0 Å². The van der Waals surface area contributed by atoms with Crippen LogP contribution in [0.3, 0.4) is 0 Å². The van der Waals surface area contributed by atoms with Gasteiger partial charge in [0.25, 0.3) is 0 Å². The zero-order valence-corrected chi connectivity index (χ0v) is 13.8. The SMILES string of the molecule is CC(C)(C)OC(=O)[C@@H](N)CNC(=O)OCc1ccccc1.Cl. The number of esters is 1. The highest BCUT2D eigenvalue weighted by Crippen LogP contribution is 2.07. The second kappa shape index (κ2) is 9.27. The van der Waals surface area contributed by atoms with Crippen molar-refractivity contribution in [1.29, 1.82) is 0 Å². The molecular weight excluding hydrogens is 308 g/mol. The molecule has 0 aliphatic carbocycles. The Morgan fingerprint density at radius 1 is 1.23 bits per heavy atom. The molecule has 0 fully saturated rings. The van der Waals surface area contributed by atoms with E-state index in [9.17, 15) is 9.59 Å². The number of amides is 1. The first kappa shape index (κ1) is 20.2. The molecule has 0 saturated heterocycles. The summed E-state index contributed by atoms with van der Waals surface area (Å²) < 4.78 is 10.1. The first-order valence-electron chi connectivity index (χ1n) is 6.71. The summed E-state index contributed by atoms with van der Waals surface area (Å²) in [6.07, 6.45) is -0.627. The molecule has 0 radical (unpaired) electrons. The third kappa shape index (κ3) is 8.49. The van der Waals surface area contributed by atoms with Gasteiger partial charge in [-0.3, -0.25) is 4.79 Å². The van der Waals surface area contributed by atoms with Gasteiger partial charge in [0.05, 0.1) is 0 Å². The standard InChI is InChI=1S/C15H22N2O4.ClH/c1-15(2,3)21-13(18)12(16)9-17-14(19)20-10-11-7-5-4-6-8-11;/h4-8,12H,9-10,16H2,1-3H3,(H,17,19);1H/t12-;/m0./s1. The van der Waals surface area contributed by atoms with Gasteiger partial charge in [0.15, 0.2) is 0 Å². The Morgan fingerprint density at radius 2 is 1.82 bits per heavy atom. The van der Waals surface area contributed by atoms with Crippen molar-refractivity contribution < 1.29 is 19.1 Å². The normalized spacial score (nSPS) is 11.8. The summed E-state index contributed by atoms with van der Waals surface area (Å²) in [5.41, 5.74) is 5.91. The van der Waals surface area contributed by atoms with Crippen LogP contribution >= 0.6 is 12.4 Å². The molecule has 22 heavy (non-hydrogen) atoms. The van der Waals surface area contributed by atoms with E-state index in [1.54, 1.807) is 20.8 Å². The number of carbonyl (C=O) groups excluding carboxylic acids is 2. The lowest BCUT2D eigenvalue weighted by molar-refractivity contribution is -0.156. The van der Waals surface area contributed by atoms with Gasteiger partial charge in [-0.05, 0) is 26.3 Å². The Balaban J connectivity index is 0.00000441. The minimum absolute atomic E-state index is 0. The molecule has 0 aliphatic rings. The van der Waals surface area contributed by atoms with Crippen molar-refractivity contribution in [1.82, 2.24) is 5.32 Å². The third-order valence-corrected chi connectivity index (χ3v) is 2.39. The lowest BCUT2D eigenvalue weighted by Crippen LogP contribution is -2.45. The van der Waals surface area contributed by atoms with Crippen molar-refractivity contribution in [2.75, 3.05) is 6.54 Å². The predicted octanol–water partition coefficient (Wildman–Crippen LogP) is 2.00. The van der Waals surface area contributed by atoms with Crippen LogP contribution in [-0.4, -0.2) is 30.3 Å². The average Bonchev–Trinajstić information content (AvgIpc) is 2.41. The molecule has 0 bridgehead atoms. The third-order valence-electron chi connectivity index (χ3n) is 2.39. The number of rotatable bonds is 5. The van der Waals surface area contributed by atoms with Gasteiger partial charge in [0, 0.05) is 6.54 Å². The minimum Gasteiger partial charge on any atom is -0.459 e. The number of halogens is 1. The van der Waals surface area contributed by atoms with Crippen LogP contribution in [-0.2, 0) is 20.9 Å². The molecule has 0 unspecified atom stereocenters. The Hall–Kier alpha value is -1.79. The van der Waals surface area contributed by atoms with Gasteiger partial charge in [-0.1, -0.05) is 30.3 Å². The molecule has 0 aliphatic heterocycles. The summed E-state index contributed by atoms with van der Waals surface area (Å²) in [6, 6.07) is 8.36. The highest BCUT2D eigenvalue weighted by molar-refractivity contribution is 5.85. The molecule has 1 aromatic carbocycles. The van der Waals surface area contributed by atoms with Crippen LogP contribution in [0.15, 0.2) is 30.3 Å². The van der Waals surface area contributed by atoms with Gasteiger partial charge in [-0.15, -0.1) is 12.4 Å². The molecule has 1 aromatic rings. The van der Waals surface area contributed by atoms with Gasteiger partial charge in [-0.25, -0.2) is 4.79 Å². The second-order valence-electron chi connectivity index (χ2n) is 5.58. The number of benzene rings is 1. The summed E-state index contributed by atoms with van der Waals surface area (Å²) in [6.45, 7) is 5.37. The first-order chi connectivity index (χ1) is 9.78. The fourth-order valence-corrected chi connectivity index (χ4v) is 1.43. The number of alkyl carbamates (subject to hydrolysis) is 1. The average molecular weight is 331 g/mol. The molecule has 7 heteroatoms. The lowest BCUT2D eigenvalue weighted by Gasteiger charge is -2.22. The smallest absolute Gasteiger partial charge is 0.407 e. The molecule has 0 saturated carbocycles. The van der Waals surface area contributed by atoms with Crippen LogP contribution in [0.4, 0.5) is 4.79 Å². The zero-order valence-electron chi connectivity index (χ0n) is 13.0. The van der Waals surface area contributed by atoms with Crippen molar-refractivity contribution in [3.05, 3.63) is 35.9 Å².